The van der Waals surface area contributed by atoms with Crippen molar-refractivity contribution in [2.45, 2.75) is 51.2 Å². The molecule has 0 saturated carbocycles. The molecule has 0 radical (unpaired) electrons. The minimum Gasteiger partial charge on any atom is -0.332 e. The highest BCUT2D eigenvalue weighted by molar-refractivity contribution is 5.77. The molecule has 0 bridgehead atoms. The Morgan fingerprint density at radius 3 is 2.75 bits per heavy atom. The molecule has 1 aliphatic rings. The number of nitriles is 1. The van der Waals surface area contributed by atoms with Crippen molar-refractivity contribution in [3.63, 3.8) is 0 Å². The first-order chi connectivity index (χ1) is 9.56. The molecule has 0 aromatic heterocycles. The highest BCUT2D eigenvalue weighted by Gasteiger charge is 2.35. The molecule has 1 fully saturated rings. The smallest absolute Gasteiger partial charge is 0.223 e. The summed E-state index contributed by atoms with van der Waals surface area (Å²) in [5.74, 6) is 0.130. The van der Waals surface area contributed by atoms with Crippen molar-refractivity contribution in [3.8, 4) is 6.07 Å². The number of likely N-dealkylation sites (tertiary alicyclic amines) is 1. The largest absolute Gasteiger partial charge is 0.332 e. The second kappa shape index (κ2) is 6.06. The van der Waals surface area contributed by atoms with Crippen LogP contribution in [0.3, 0.4) is 0 Å². The third-order valence-electron chi connectivity index (χ3n) is 3.88. The van der Waals surface area contributed by atoms with Gasteiger partial charge in [-0.15, -0.1) is 0 Å². The predicted octanol–water partition coefficient (Wildman–Crippen LogP) is 2.35. The van der Waals surface area contributed by atoms with Crippen LogP contribution in [0.25, 0.3) is 0 Å². The molecule has 4 heteroatoms. The van der Waals surface area contributed by atoms with Gasteiger partial charge in [0, 0.05) is 18.5 Å². The average Bonchev–Trinajstić information content (AvgIpc) is 2.57. The standard InChI is InChI=1S/C16H21N3O/c1-11(2)19-15(20)9-5-8-14(18)16(19)13-7-4-3-6-12(13)10-17/h3-4,6-7,11,14,16H,5,8-9,18H2,1-2H3. The van der Waals surface area contributed by atoms with E-state index >= 15 is 0 Å². The van der Waals surface area contributed by atoms with E-state index in [1.165, 1.54) is 0 Å². The Hall–Kier alpha value is -1.86. The lowest BCUT2D eigenvalue weighted by Crippen LogP contribution is -2.46. The molecule has 1 aliphatic heterocycles. The molecule has 2 N–H and O–H groups in total. The Morgan fingerprint density at radius 2 is 2.10 bits per heavy atom. The number of amides is 1. The van der Waals surface area contributed by atoms with E-state index in [4.69, 9.17) is 5.73 Å². The van der Waals surface area contributed by atoms with Crippen LogP contribution >= 0.6 is 0 Å². The van der Waals surface area contributed by atoms with Gasteiger partial charge in [-0.2, -0.15) is 5.26 Å². The van der Waals surface area contributed by atoms with Gasteiger partial charge in [-0.1, -0.05) is 18.2 Å². The monoisotopic (exact) mass is 271 g/mol. The number of rotatable bonds is 2. The summed E-state index contributed by atoms with van der Waals surface area (Å²) < 4.78 is 0. The van der Waals surface area contributed by atoms with Crippen LogP contribution in [0, 0.1) is 11.3 Å². The van der Waals surface area contributed by atoms with Crippen LogP contribution in [0.2, 0.25) is 0 Å². The zero-order valence-electron chi connectivity index (χ0n) is 12.0. The molecule has 1 aromatic rings. The van der Waals surface area contributed by atoms with Crippen LogP contribution in [-0.4, -0.2) is 22.9 Å². The van der Waals surface area contributed by atoms with E-state index in [0.29, 0.717) is 12.0 Å². The maximum atomic E-state index is 12.4. The van der Waals surface area contributed by atoms with Crippen LogP contribution in [0.15, 0.2) is 24.3 Å². The van der Waals surface area contributed by atoms with Crippen molar-refractivity contribution in [1.29, 1.82) is 5.26 Å². The Labute approximate surface area is 120 Å². The first kappa shape index (κ1) is 14.5. The van der Waals surface area contributed by atoms with E-state index in [1.54, 1.807) is 6.07 Å². The summed E-state index contributed by atoms with van der Waals surface area (Å²) in [7, 11) is 0. The van der Waals surface area contributed by atoms with Gasteiger partial charge in [0.05, 0.1) is 17.7 Å². The summed E-state index contributed by atoms with van der Waals surface area (Å²) in [6.07, 6.45) is 2.16. The Morgan fingerprint density at radius 1 is 1.40 bits per heavy atom. The Bertz CT molecular complexity index is 533. The molecule has 20 heavy (non-hydrogen) atoms. The maximum absolute atomic E-state index is 12.4. The van der Waals surface area contributed by atoms with Crippen LogP contribution < -0.4 is 5.73 Å². The summed E-state index contributed by atoms with van der Waals surface area (Å²) in [4.78, 5) is 14.2. The van der Waals surface area contributed by atoms with Gasteiger partial charge in [-0.3, -0.25) is 4.79 Å². The fraction of sp³-hybridized carbons (Fsp3) is 0.500. The molecule has 0 spiro atoms. The van der Waals surface area contributed by atoms with Gasteiger partial charge in [0.2, 0.25) is 5.91 Å². The molecule has 2 atom stereocenters. The maximum Gasteiger partial charge on any atom is 0.223 e. The van der Waals surface area contributed by atoms with Crippen molar-refractivity contribution < 1.29 is 4.79 Å². The van der Waals surface area contributed by atoms with Gasteiger partial charge < -0.3 is 10.6 Å². The van der Waals surface area contributed by atoms with Gasteiger partial charge in [0.1, 0.15) is 0 Å². The van der Waals surface area contributed by atoms with Gasteiger partial charge in [-0.05, 0) is 38.3 Å². The van der Waals surface area contributed by atoms with E-state index in [0.717, 1.165) is 18.4 Å². The lowest BCUT2D eigenvalue weighted by Gasteiger charge is -2.37. The number of carbonyl (C=O) groups is 1. The number of benzene rings is 1. The molecule has 0 aliphatic carbocycles. The Balaban J connectivity index is 2.52. The van der Waals surface area contributed by atoms with Crippen LogP contribution in [0.5, 0.6) is 0 Å². The molecule has 106 valence electrons. The van der Waals surface area contributed by atoms with Crippen LogP contribution in [0.1, 0.15) is 50.3 Å². The molecule has 2 unspecified atom stereocenters. The minimum atomic E-state index is -0.208. The minimum absolute atomic E-state index is 0.0726. The van der Waals surface area contributed by atoms with Crippen molar-refractivity contribution in [1.82, 2.24) is 4.90 Å². The zero-order chi connectivity index (χ0) is 14.7. The lowest BCUT2D eigenvalue weighted by molar-refractivity contribution is -0.135. The Kier molecular flexibility index (Phi) is 4.41. The van der Waals surface area contributed by atoms with E-state index < -0.39 is 0 Å². The third kappa shape index (κ3) is 2.68. The third-order valence-corrected chi connectivity index (χ3v) is 3.88. The van der Waals surface area contributed by atoms with Crippen LogP contribution in [-0.2, 0) is 4.79 Å². The number of nitrogens with two attached hydrogens (primary N) is 1. The van der Waals surface area contributed by atoms with Crippen molar-refractivity contribution >= 4 is 5.91 Å². The second-order valence-electron chi connectivity index (χ2n) is 5.59. The summed E-state index contributed by atoms with van der Waals surface area (Å²) in [5, 5.41) is 9.30. The highest BCUT2D eigenvalue weighted by Crippen LogP contribution is 2.33. The SMILES string of the molecule is CC(C)N1C(=O)CCCC(N)C1c1ccccc1C#N. The number of hydrogen-bond acceptors (Lipinski definition) is 3. The molecule has 4 nitrogen and oxygen atoms in total. The quantitative estimate of drug-likeness (QED) is 0.897. The summed E-state index contributed by atoms with van der Waals surface area (Å²) in [6, 6.07) is 9.39. The average molecular weight is 271 g/mol. The highest BCUT2D eigenvalue weighted by atomic mass is 16.2. The van der Waals surface area contributed by atoms with E-state index in [9.17, 15) is 10.1 Å². The second-order valence-corrected chi connectivity index (χ2v) is 5.59. The molecule has 1 saturated heterocycles. The molecule has 1 aromatic carbocycles. The number of hydrogen-bond donors (Lipinski definition) is 1. The molecule has 1 heterocycles. The zero-order valence-corrected chi connectivity index (χ0v) is 12.0. The fourth-order valence-electron chi connectivity index (χ4n) is 2.98. The van der Waals surface area contributed by atoms with E-state index in [1.807, 2.05) is 36.9 Å². The molecular weight excluding hydrogens is 250 g/mol. The number of nitrogens with zero attached hydrogens (tertiary/aromatic N) is 2. The summed E-state index contributed by atoms with van der Waals surface area (Å²) in [5.41, 5.74) is 7.79. The van der Waals surface area contributed by atoms with Crippen molar-refractivity contribution in [3.05, 3.63) is 35.4 Å². The van der Waals surface area contributed by atoms with Gasteiger partial charge in [-0.25, -0.2) is 0 Å². The number of carbonyl (C=O) groups excluding carboxylic acids is 1. The first-order valence-electron chi connectivity index (χ1n) is 7.12. The topological polar surface area (TPSA) is 70.1 Å². The van der Waals surface area contributed by atoms with Crippen molar-refractivity contribution in [2.24, 2.45) is 5.73 Å². The summed E-state index contributed by atoms with van der Waals surface area (Å²) in [6.45, 7) is 4.00. The molecule has 2 rings (SSSR count). The summed E-state index contributed by atoms with van der Waals surface area (Å²) >= 11 is 0. The predicted molar refractivity (Wildman–Crippen MR) is 77.7 cm³/mol. The normalized spacial score (nSPS) is 23.6. The molecular formula is C16H21N3O. The fourth-order valence-corrected chi connectivity index (χ4v) is 2.98. The van der Waals surface area contributed by atoms with E-state index in [-0.39, 0.29) is 24.0 Å². The molecule has 1 amide bonds. The van der Waals surface area contributed by atoms with Crippen LogP contribution in [0.4, 0.5) is 0 Å². The first-order valence-corrected chi connectivity index (χ1v) is 7.12. The van der Waals surface area contributed by atoms with Crippen molar-refractivity contribution in [2.75, 3.05) is 0 Å². The van der Waals surface area contributed by atoms with E-state index in [2.05, 4.69) is 6.07 Å². The van der Waals surface area contributed by atoms with Gasteiger partial charge >= 0.3 is 0 Å². The van der Waals surface area contributed by atoms with Gasteiger partial charge in [0.25, 0.3) is 0 Å². The van der Waals surface area contributed by atoms with Gasteiger partial charge in [0.15, 0.2) is 0 Å². The lowest BCUT2D eigenvalue weighted by atomic mass is 9.92.